The Kier molecular flexibility index (Phi) is 5.63. The molecule has 1 aromatic carbocycles. The van der Waals surface area contributed by atoms with Crippen LogP contribution >= 0.6 is 0 Å². The molecule has 0 fully saturated rings. The molecule has 0 spiro atoms. The van der Waals surface area contributed by atoms with Gasteiger partial charge in [-0.05, 0) is 17.0 Å². The van der Waals surface area contributed by atoms with E-state index >= 15 is 0 Å². The van der Waals surface area contributed by atoms with E-state index in [4.69, 9.17) is 5.11 Å². The van der Waals surface area contributed by atoms with Gasteiger partial charge >= 0.3 is 5.97 Å². The summed E-state index contributed by atoms with van der Waals surface area (Å²) in [6.45, 7) is 4.19. The van der Waals surface area contributed by atoms with E-state index in [-0.39, 0.29) is 6.42 Å². The fourth-order valence-corrected chi connectivity index (χ4v) is 1.55. The van der Waals surface area contributed by atoms with E-state index in [1.807, 2.05) is 24.3 Å². The van der Waals surface area contributed by atoms with Gasteiger partial charge in [-0.3, -0.25) is 4.79 Å². The molecule has 0 aliphatic rings. The Morgan fingerprint density at radius 1 is 1.33 bits per heavy atom. The summed E-state index contributed by atoms with van der Waals surface area (Å²) in [6.07, 6.45) is 1.68. The van der Waals surface area contributed by atoms with E-state index < -0.39 is 12.0 Å². The van der Waals surface area contributed by atoms with Crippen molar-refractivity contribution in [3.63, 3.8) is 0 Å². The zero-order valence-electron chi connectivity index (χ0n) is 10.2. The second-order valence-electron chi connectivity index (χ2n) is 4.24. The molecule has 1 unspecified atom stereocenters. The number of carbonyl (C=O) groups excluding carboxylic acids is 1. The predicted molar refractivity (Wildman–Crippen MR) is 64.5 cm³/mol. The number of carboxylic acid groups (broad SMARTS) is 1. The van der Waals surface area contributed by atoms with Gasteiger partial charge in [0.2, 0.25) is 0 Å². The molecule has 18 heavy (non-hydrogen) atoms. The van der Waals surface area contributed by atoms with Gasteiger partial charge in [-0.25, -0.2) is 0 Å². The van der Waals surface area contributed by atoms with Crippen molar-refractivity contribution in [3.8, 4) is 0 Å². The SMILES string of the molecule is CC(C)c1ccc(CC(N[C-]=O)C(=O)O)cc1.[Fm]. The standard InChI is InChI=1S/C13H16NO3.Fm/c1-9(2)11-5-3-10(4-6-11)7-12(13(16)17)14-8-15;/h3-6,9,12H,7H2,1-2H3,(H,14,15)(H,16,17);/q-1;. The molecule has 0 aliphatic carbocycles. The van der Waals surface area contributed by atoms with Crippen LogP contribution in [0.2, 0.25) is 0 Å². The minimum Gasteiger partial charge on any atom is -0.520 e. The van der Waals surface area contributed by atoms with E-state index in [2.05, 4.69) is 19.2 Å². The molecule has 0 saturated carbocycles. The van der Waals surface area contributed by atoms with Gasteiger partial charge in [-0.2, -0.15) is 6.41 Å². The van der Waals surface area contributed by atoms with Crippen LogP contribution in [0.15, 0.2) is 24.3 Å². The maximum atomic E-state index is 10.8. The molecule has 0 saturated heterocycles. The number of aliphatic carboxylic acids is 1. The molecular formula is C13H16FmNO3-. The van der Waals surface area contributed by atoms with E-state index in [9.17, 15) is 9.59 Å². The van der Waals surface area contributed by atoms with Crippen molar-refractivity contribution < 1.29 is 14.7 Å². The molecule has 1 aromatic rings. The van der Waals surface area contributed by atoms with Crippen molar-refractivity contribution in [1.82, 2.24) is 5.32 Å². The van der Waals surface area contributed by atoms with Crippen LogP contribution in [-0.4, -0.2) is 23.5 Å². The van der Waals surface area contributed by atoms with E-state index in [1.54, 1.807) is 0 Å². The number of hydrogen-bond acceptors (Lipinski definition) is 2. The van der Waals surface area contributed by atoms with Gasteiger partial charge in [0.1, 0.15) is 6.04 Å². The Balaban J connectivity index is 0.00000289. The molecule has 0 radical (unpaired) electrons. The van der Waals surface area contributed by atoms with Crippen molar-refractivity contribution in [2.45, 2.75) is 32.2 Å². The molecule has 104 valence electrons. The zero-order valence-corrected chi connectivity index (χ0v) is 12.6. The molecule has 0 aromatic heterocycles. The third kappa shape index (κ3) is 3.96. The van der Waals surface area contributed by atoms with Crippen LogP contribution in [0.5, 0.6) is 0 Å². The van der Waals surface area contributed by atoms with Gasteiger partial charge in [0.05, 0.1) is 0 Å². The molecule has 0 bridgehead atoms. The van der Waals surface area contributed by atoms with E-state index in [0.29, 0.717) is 5.92 Å². The molecule has 1 amide bonds. The summed E-state index contributed by atoms with van der Waals surface area (Å²) in [6, 6.07) is 6.81. The maximum absolute atomic E-state index is 10.8. The average molecular weight is 491 g/mol. The summed E-state index contributed by atoms with van der Waals surface area (Å²) < 4.78 is 0. The van der Waals surface area contributed by atoms with Crippen molar-refractivity contribution in [3.05, 3.63) is 35.4 Å². The van der Waals surface area contributed by atoms with Gasteiger partial charge in [0, 0.05) is 6.42 Å². The third-order valence-corrected chi connectivity index (χ3v) is 2.62. The van der Waals surface area contributed by atoms with Crippen molar-refractivity contribution >= 4 is 12.4 Å². The van der Waals surface area contributed by atoms with Crippen LogP contribution in [0.3, 0.4) is 0 Å². The fourth-order valence-electron chi connectivity index (χ4n) is 1.55. The number of carbonyl (C=O) groups is 1. The first-order chi connectivity index (χ1) is 8.04. The number of rotatable bonds is 6. The molecule has 4 nitrogen and oxygen atoms in total. The smallest absolute Gasteiger partial charge is 0.323 e. The summed E-state index contributed by atoms with van der Waals surface area (Å²) in [7, 11) is 0. The molecule has 1 atom stereocenters. The quantitative estimate of drug-likeness (QED) is 0.468. The maximum Gasteiger partial charge on any atom is 0.323 e. The van der Waals surface area contributed by atoms with Crippen LogP contribution in [0.1, 0.15) is 30.9 Å². The Hall–Kier alpha value is -2.84. The normalized spacial score (nSPS) is 11.5. The minimum atomic E-state index is -1.05. The minimum absolute atomic E-state index is 0. The monoisotopic (exact) mass is 491 g/mol. The molecular weight excluding hydrogens is 475 g/mol. The average Bonchev–Trinajstić information content (AvgIpc) is 2.29. The number of benzene rings is 1. The molecule has 0 heterocycles. The first-order valence-corrected chi connectivity index (χ1v) is 5.49. The van der Waals surface area contributed by atoms with Crippen molar-refractivity contribution in [1.29, 1.82) is 0 Å². The largest absolute Gasteiger partial charge is 0.520 e. The van der Waals surface area contributed by atoms with E-state index in [1.165, 1.54) is 12.0 Å². The van der Waals surface area contributed by atoms with Crippen molar-refractivity contribution in [2.75, 3.05) is 0 Å². The summed E-state index contributed by atoms with van der Waals surface area (Å²) >= 11 is 0. The van der Waals surface area contributed by atoms with Gasteiger partial charge in [-0.15, -0.1) is 0 Å². The summed E-state index contributed by atoms with van der Waals surface area (Å²) in [4.78, 5) is 21.0. The van der Waals surface area contributed by atoms with Crippen LogP contribution in [0.25, 0.3) is 0 Å². The topological polar surface area (TPSA) is 66.4 Å². The Morgan fingerprint density at radius 3 is 2.28 bits per heavy atom. The van der Waals surface area contributed by atoms with E-state index in [0.717, 1.165) is 5.56 Å². The van der Waals surface area contributed by atoms with Crippen LogP contribution in [0, 0.1) is 0 Å². The van der Waals surface area contributed by atoms with Gasteiger partial charge in [0.15, 0.2) is 0 Å². The number of hydrogen-bond donors (Lipinski definition) is 2. The number of nitrogens with one attached hydrogen (secondary N) is 1. The van der Waals surface area contributed by atoms with Gasteiger partial charge < -0.3 is 15.2 Å². The number of carboxylic acids is 1. The fraction of sp³-hybridized carbons (Fsp3) is 0.385. The van der Waals surface area contributed by atoms with Gasteiger partial charge in [-0.1, -0.05) is 38.1 Å². The predicted octanol–water partition coefficient (Wildman–Crippen LogP) is 1.46. The zero-order chi connectivity index (χ0) is 12.8. The molecule has 5 heteroatoms. The molecule has 1 rings (SSSR count). The Bertz CT molecular complexity index is 390. The van der Waals surface area contributed by atoms with Crippen LogP contribution < -0.4 is 5.32 Å². The Morgan fingerprint density at radius 2 is 1.89 bits per heavy atom. The summed E-state index contributed by atoms with van der Waals surface area (Å²) in [5.74, 6) is -0.609. The second-order valence-corrected chi connectivity index (χ2v) is 4.24. The first kappa shape index (κ1) is 15.2. The molecule has 2 N–H and O–H groups in total. The van der Waals surface area contributed by atoms with Crippen molar-refractivity contribution in [2.24, 2.45) is 0 Å². The molecule has 0 aliphatic heterocycles. The van der Waals surface area contributed by atoms with Gasteiger partial charge in [0.25, 0.3) is 0 Å². The summed E-state index contributed by atoms with van der Waals surface area (Å²) in [5.41, 5.74) is 2.08. The number of amides is 1. The second kappa shape index (κ2) is 6.68. The van der Waals surface area contributed by atoms with Crippen LogP contribution in [0.4, 0.5) is 0 Å². The first-order valence-electron chi connectivity index (χ1n) is 5.49. The summed E-state index contributed by atoms with van der Waals surface area (Å²) in [5, 5.41) is 11.0. The van der Waals surface area contributed by atoms with Crippen LogP contribution in [-0.2, 0) is 16.0 Å². The third-order valence-electron chi connectivity index (χ3n) is 2.62. The Labute approximate surface area is 101 Å².